The Morgan fingerprint density at radius 2 is 1.76 bits per heavy atom. The van der Waals surface area contributed by atoms with Crippen LogP contribution in [0.5, 0.6) is 5.75 Å². The summed E-state index contributed by atoms with van der Waals surface area (Å²) in [7, 11) is -3.84. The zero-order chi connectivity index (χ0) is 29.8. The Bertz CT molecular complexity index is 1400. The highest BCUT2D eigenvalue weighted by molar-refractivity contribution is 7.89. The number of nitrogens with zero attached hydrogens (tertiary/aromatic N) is 3. The lowest BCUT2D eigenvalue weighted by Gasteiger charge is -2.28. The van der Waals surface area contributed by atoms with Crippen LogP contribution in [-0.2, 0) is 26.1 Å². The number of nitrogens with one attached hydrogen (secondary N) is 2. The van der Waals surface area contributed by atoms with Crippen molar-refractivity contribution in [3.8, 4) is 5.75 Å². The number of nitrogens with two attached hydrogens (primary N) is 1. The number of para-hydroxylation sites is 1. The maximum Gasteiger partial charge on any atom is 0.270 e. The molecule has 0 aliphatic carbocycles. The number of morpholine rings is 1. The summed E-state index contributed by atoms with van der Waals surface area (Å²) in [6.45, 7) is 5.46. The number of benzene rings is 2. The highest BCUT2D eigenvalue weighted by Gasteiger charge is 2.24. The maximum absolute atomic E-state index is 13.5. The largest absolute Gasteiger partial charge is 0.492 e. The van der Waals surface area contributed by atoms with E-state index in [2.05, 4.69) is 22.5 Å². The van der Waals surface area contributed by atoms with Gasteiger partial charge in [-0.2, -0.15) is 4.98 Å². The van der Waals surface area contributed by atoms with E-state index in [1.54, 1.807) is 12.1 Å². The second-order valence-electron chi connectivity index (χ2n) is 9.67. The summed E-state index contributed by atoms with van der Waals surface area (Å²) in [4.78, 5) is 25.0. The highest BCUT2D eigenvalue weighted by atomic mass is 32.2. The van der Waals surface area contributed by atoms with Gasteiger partial charge in [-0.3, -0.25) is 4.79 Å². The van der Waals surface area contributed by atoms with Crippen molar-refractivity contribution in [2.75, 3.05) is 56.3 Å². The number of sulfonamides is 1. The molecule has 1 aliphatic rings. The molecule has 1 amide bonds. The van der Waals surface area contributed by atoms with Crippen LogP contribution in [0.4, 0.5) is 17.5 Å². The number of hydrogen-bond donors (Lipinski definition) is 3. The van der Waals surface area contributed by atoms with Gasteiger partial charge in [0.1, 0.15) is 23.9 Å². The third-order valence-electron chi connectivity index (χ3n) is 6.49. The average molecular weight is 599 g/mol. The molecule has 0 bridgehead atoms. The van der Waals surface area contributed by atoms with Gasteiger partial charge in [0.05, 0.1) is 36.8 Å². The Morgan fingerprint density at radius 3 is 2.45 bits per heavy atom. The predicted molar refractivity (Wildman–Crippen MR) is 160 cm³/mol. The summed E-state index contributed by atoms with van der Waals surface area (Å²) in [5.74, 6) is 1.09. The molecule has 226 valence electrons. The first-order chi connectivity index (χ1) is 20.3. The fourth-order valence-corrected chi connectivity index (χ4v) is 4.75. The Labute approximate surface area is 246 Å². The summed E-state index contributed by atoms with van der Waals surface area (Å²) >= 11 is 0. The minimum absolute atomic E-state index is 0.0120. The lowest BCUT2D eigenvalue weighted by Crippen LogP contribution is -2.38. The van der Waals surface area contributed by atoms with Gasteiger partial charge in [0.25, 0.3) is 5.91 Å². The van der Waals surface area contributed by atoms with E-state index in [1.165, 1.54) is 12.1 Å². The number of hydrogen-bond acceptors (Lipinski definition) is 10. The van der Waals surface area contributed by atoms with E-state index >= 15 is 0 Å². The van der Waals surface area contributed by atoms with Gasteiger partial charge in [-0.05, 0) is 42.8 Å². The van der Waals surface area contributed by atoms with Gasteiger partial charge >= 0.3 is 0 Å². The van der Waals surface area contributed by atoms with Crippen LogP contribution in [0.1, 0.15) is 42.2 Å². The van der Waals surface area contributed by atoms with E-state index in [-0.39, 0.29) is 36.3 Å². The van der Waals surface area contributed by atoms with Crippen LogP contribution < -0.4 is 25.4 Å². The van der Waals surface area contributed by atoms with Crippen molar-refractivity contribution in [2.24, 2.45) is 5.14 Å². The number of ether oxygens (including phenoxy) is 3. The Balaban J connectivity index is 1.62. The predicted octanol–water partition coefficient (Wildman–Crippen LogP) is 3.22. The number of unbranched alkanes of at least 4 members (excludes halogenated alkanes) is 2. The standard InChI is InChI=1S/C29H38N6O6S/c1-2-3-7-17-40-21-25-26(28(36)31-14-18-41-23-8-5-4-6-9-23)33-29(35-15-19-39-20-16-35)34-27(25)32-22-10-12-24(13-11-22)42(30,37)38/h4-6,8-13H,2-3,7,14-21H2,1H3,(H,31,36)(H2,30,37,38)(H,32,33,34). The molecular weight excluding hydrogens is 560 g/mol. The minimum atomic E-state index is -3.84. The third kappa shape index (κ3) is 9.11. The number of aromatic nitrogens is 2. The molecule has 3 aromatic rings. The molecule has 0 atom stereocenters. The molecule has 0 saturated carbocycles. The number of rotatable bonds is 15. The number of anilines is 3. The van der Waals surface area contributed by atoms with Gasteiger partial charge in [0.2, 0.25) is 16.0 Å². The second-order valence-corrected chi connectivity index (χ2v) is 11.2. The highest BCUT2D eigenvalue weighted by Crippen LogP contribution is 2.27. The van der Waals surface area contributed by atoms with Crippen molar-refractivity contribution in [1.82, 2.24) is 15.3 Å². The van der Waals surface area contributed by atoms with Crippen molar-refractivity contribution >= 4 is 33.4 Å². The van der Waals surface area contributed by atoms with Crippen molar-refractivity contribution in [3.63, 3.8) is 0 Å². The normalized spacial score (nSPS) is 13.5. The zero-order valence-electron chi connectivity index (χ0n) is 23.8. The van der Waals surface area contributed by atoms with E-state index in [4.69, 9.17) is 24.3 Å². The summed E-state index contributed by atoms with van der Waals surface area (Å²) in [6.07, 6.45) is 2.98. The zero-order valence-corrected chi connectivity index (χ0v) is 24.6. The number of carbonyl (C=O) groups excluding carboxylic acids is 1. The van der Waals surface area contributed by atoms with Crippen molar-refractivity contribution < 1.29 is 27.4 Å². The summed E-state index contributed by atoms with van der Waals surface area (Å²) in [5.41, 5.74) is 1.23. The molecule has 1 aliphatic heterocycles. The van der Waals surface area contributed by atoms with Crippen LogP contribution in [0.2, 0.25) is 0 Å². The lowest BCUT2D eigenvalue weighted by atomic mass is 10.2. The van der Waals surface area contributed by atoms with E-state index in [0.717, 1.165) is 19.3 Å². The van der Waals surface area contributed by atoms with Gasteiger partial charge in [0, 0.05) is 25.4 Å². The molecule has 12 nitrogen and oxygen atoms in total. The molecular formula is C29H38N6O6S. The first-order valence-electron chi connectivity index (χ1n) is 14.0. The average Bonchev–Trinajstić information content (AvgIpc) is 3.00. The van der Waals surface area contributed by atoms with Crippen LogP contribution >= 0.6 is 0 Å². The molecule has 2 heterocycles. The van der Waals surface area contributed by atoms with Crippen LogP contribution in [-0.4, -0.2) is 70.4 Å². The Morgan fingerprint density at radius 1 is 1.02 bits per heavy atom. The van der Waals surface area contributed by atoms with E-state index in [0.29, 0.717) is 61.7 Å². The smallest absolute Gasteiger partial charge is 0.270 e. The molecule has 13 heteroatoms. The van der Waals surface area contributed by atoms with Crippen LogP contribution in [0, 0.1) is 0 Å². The van der Waals surface area contributed by atoms with Crippen molar-refractivity contribution in [2.45, 2.75) is 37.7 Å². The fraction of sp³-hybridized carbons (Fsp3) is 0.414. The molecule has 1 saturated heterocycles. The molecule has 0 unspecified atom stereocenters. The summed E-state index contributed by atoms with van der Waals surface area (Å²) in [5, 5.41) is 11.4. The van der Waals surface area contributed by atoms with Crippen LogP contribution in [0.15, 0.2) is 59.5 Å². The Hall–Kier alpha value is -3.78. The SMILES string of the molecule is CCCCCOCc1c(Nc2ccc(S(N)(=O)=O)cc2)nc(N2CCOCC2)nc1C(=O)NCCOc1ccccc1. The molecule has 1 fully saturated rings. The first kappa shape index (κ1) is 31.2. The van der Waals surface area contributed by atoms with Crippen LogP contribution in [0.25, 0.3) is 0 Å². The molecule has 42 heavy (non-hydrogen) atoms. The molecule has 4 N–H and O–H groups in total. The maximum atomic E-state index is 13.5. The molecule has 0 spiro atoms. The lowest BCUT2D eigenvalue weighted by molar-refractivity contribution is 0.0924. The molecule has 1 aromatic heterocycles. The van der Waals surface area contributed by atoms with Gasteiger partial charge in [-0.1, -0.05) is 38.0 Å². The second kappa shape index (κ2) is 15.4. The van der Waals surface area contributed by atoms with Crippen molar-refractivity contribution in [3.05, 3.63) is 65.9 Å². The van der Waals surface area contributed by atoms with Gasteiger partial charge in [0.15, 0.2) is 0 Å². The van der Waals surface area contributed by atoms with Crippen LogP contribution in [0.3, 0.4) is 0 Å². The van der Waals surface area contributed by atoms with Gasteiger partial charge in [-0.25, -0.2) is 18.5 Å². The molecule has 0 radical (unpaired) electrons. The van der Waals surface area contributed by atoms with E-state index in [9.17, 15) is 13.2 Å². The topological polar surface area (TPSA) is 158 Å². The number of amides is 1. The molecule has 4 rings (SSSR count). The van der Waals surface area contributed by atoms with Gasteiger partial charge in [-0.15, -0.1) is 0 Å². The first-order valence-corrected chi connectivity index (χ1v) is 15.6. The molecule has 2 aromatic carbocycles. The number of primary sulfonamides is 1. The Kier molecular flexibility index (Phi) is 11.5. The van der Waals surface area contributed by atoms with Gasteiger partial charge < -0.3 is 29.7 Å². The van der Waals surface area contributed by atoms with Crippen molar-refractivity contribution in [1.29, 1.82) is 0 Å². The fourth-order valence-electron chi connectivity index (χ4n) is 4.23. The summed E-state index contributed by atoms with van der Waals surface area (Å²) < 4.78 is 40.6. The monoisotopic (exact) mass is 598 g/mol. The summed E-state index contributed by atoms with van der Waals surface area (Å²) in [6, 6.07) is 15.3. The minimum Gasteiger partial charge on any atom is -0.492 e. The van der Waals surface area contributed by atoms with E-state index < -0.39 is 10.0 Å². The van der Waals surface area contributed by atoms with E-state index in [1.807, 2.05) is 35.2 Å². The number of carbonyl (C=O) groups is 1. The quantitative estimate of drug-likeness (QED) is 0.222. The third-order valence-corrected chi connectivity index (χ3v) is 7.42.